The van der Waals surface area contributed by atoms with Gasteiger partial charge in [0.15, 0.2) is 0 Å². The number of sulfonamides is 1. The average molecular weight is 297 g/mol. The van der Waals surface area contributed by atoms with Gasteiger partial charge in [-0.3, -0.25) is 0 Å². The lowest BCUT2D eigenvalue weighted by Crippen LogP contribution is -2.32. The standard InChI is InChI=1S/C14H23N3O2S/c1-10(6-11-2-3-11)17-20(18,19)14-7-13(16-9-14)8-15-12-4-5-12/h7,9-12,15-17H,2-6,8H2,1H3. The highest BCUT2D eigenvalue weighted by molar-refractivity contribution is 7.89. The molecule has 2 saturated carbocycles. The summed E-state index contributed by atoms with van der Waals surface area (Å²) in [6, 6.07) is 2.35. The van der Waals surface area contributed by atoms with Crippen molar-refractivity contribution in [2.75, 3.05) is 0 Å². The van der Waals surface area contributed by atoms with E-state index in [9.17, 15) is 8.42 Å². The molecule has 5 nitrogen and oxygen atoms in total. The number of rotatable bonds is 8. The van der Waals surface area contributed by atoms with Gasteiger partial charge in [0.1, 0.15) is 0 Å². The van der Waals surface area contributed by atoms with E-state index >= 15 is 0 Å². The van der Waals surface area contributed by atoms with Crippen molar-refractivity contribution in [3.63, 3.8) is 0 Å². The Morgan fingerprint density at radius 2 is 2.10 bits per heavy atom. The molecule has 3 N–H and O–H groups in total. The Kier molecular flexibility index (Phi) is 3.88. The Labute approximate surface area is 120 Å². The highest BCUT2D eigenvalue weighted by atomic mass is 32.2. The zero-order chi connectivity index (χ0) is 14.2. The molecule has 1 atom stereocenters. The van der Waals surface area contributed by atoms with Gasteiger partial charge in [0.25, 0.3) is 0 Å². The van der Waals surface area contributed by atoms with Crippen LogP contribution in [0.25, 0.3) is 0 Å². The van der Waals surface area contributed by atoms with Gasteiger partial charge in [-0.15, -0.1) is 0 Å². The van der Waals surface area contributed by atoms with Crippen LogP contribution in [0.15, 0.2) is 17.2 Å². The van der Waals surface area contributed by atoms with Gasteiger partial charge < -0.3 is 10.3 Å². The molecule has 0 spiro atoms. The van der Waals surface area contributed by atoms with Crippen LogP contribution in [0.2, 0.25) is 0 Å². The van der Waals surface area contributed by atoms with Crippen molar-refractivity contribution in [1.82, 2.24) is 15.0 Å². The molecule has 2 aliphatic rings. The first-order valence-electron chi connectivity index (χ1n) is 7.46. The molecule has 0 radical (unpaired) electrons. The molecule has 0 saturated heterocycles. The zero-order valence-corrected chi connectivity index (χ0v) is 12.7. The molecular formula is C14H23N3O2S. The third kappa shape index (κ3) is 3.84. The summed E-state index contributed by atoms with van der Waals surface area (Å²) in [5, 5.41) is 3.37. The minimum Gasteiger partial charge on any atom is -0.363 e. The van der Waals surface area contributed by atoms with E-state index in [4.69, 9.17) is 0 Å². The molecule has 112 valence electrons. The monoisotopic (exact) mass is 297 g/mol. The molecule has 0 bridgehead atoms. The SMILES string of the molecule is CC(CC1CC1)NS(=O)(=O)c1c[nH]c(CNC2CC2)c1. The molecule has 1 aromatic rings. The molecule has 20 heavy (non-hydrogen) atoms. The number of nitrogens with one attached hydrogen (secondary N) is 3. The van der Waals surface area contributed by atoms with Gasteiger partial charge in [-0.2, -0.15) is 0 Å². The van der Waals surface area contributed by atoms with Crippen molar-refractivity contribution in [1.29, 1.82) is 0 Å². The first-order valence-corrected chi connectivity index (χ1v) is 8.94. The van der Waals surface area contributed by atoms with Crippen LogP contribution < -0.4 is 10.0 Å². The van der Waals surface area contributed by atoms with Crippen molar-refractivity contribution >= 4 is 10.0 Å². The third-order valence-corrected chi connectivity index (χ3v) is 5.49. The number of H-pyrrole nitrogens is 1. The minimum atomic E-state index is -3.39. The van der Waals surface area contributed by atoms with E-state index in [1.807, 2.05) is 6.92 Å². The molecule has 2 fully saturated rings. The second-order valence-electron chi connectivity index (χ2n) is 6.22. The Morgan fingerprint density at radius 3 is 2.75 bits per heavy atom. The van der Waals surface area contributed by atoms with E-state index in [0.717, 1.165) is 18.0 Å². The normalized spacial score (nSPS) is 21.1. The molecule has 0 aliphatic heterocycles. The summed E-state index contributed by atoms with van der Waals surface area (Å²) in [6.07, 6.45) is 7.47. The summed E-state index contributed by atoms with van der Waals surface area (Å²) in [6.45, 7) is 2.65. The Hall–Kier alpha value is -0.850. The zero-order valence-electron chi connectivity index (χ0n) is 11.9. The maximum atomic E-state index is 12.3. The fourth-order valence-corrected chi connectivity index (χ4v) is 3.73. The second kappa shape index (κ2) is 5.50. The van der Waals surface area contributed by atoms with Gasteiger partial charge in [0, 0.05) is 30.5 Å². The maximum absolute atomic E-state index is 12.3. The largest absolute Gasteiger partial charge is 0.363 e. The molecule has 0 aromatic carbocycles. The number of aromatic amines is 1. The topological polar surface area (TPSA) is 74.0 Å². The molecular weight excluding hydrogens is 274 g/mol. The molecule has 1 aromatic heterocycles. The third-order valence-electron chi connectivity index (χ3n) is 3.93. The molecule has 2 aliphatic carbocycles. The van der Waals surface area contributed by atoms with Crippen LogP contribution >= 0.6 is 0 Å². The van der Waals surface area contributed by atoms with Crippen LogP contribution in [-0.4, -0.2) is 25.5 Å². The van der Waals surface area contributed by atoms with Crippen LogP contribution in [-0.2, 0) is 16.6 Å². The number of hydrogen-bond acceptors (Lipinski definition) is 3. The minimum absolute atomic E-state index is 0.00967. The van der Waals surface area contributed by atoms with Gasteiger partial charge in [-0.1, -0.05) is 12.8 Å². The summed E-state index contributed by atoms with van der Waals surface area (Å²) < 4.78 is 27.3. The van der Waals surface area contributed by atoms with E-state index in [2.05, 4.69) is 15.0 Å². The first kappa shape index (κ1) is 14.1. The highest BCUT2D eigenvalue weighted by Gasteiger charge is 2.26. The summed E-state index contributed by atoms with van der Waals surface area (Å²) in [5.74, 6) is 0.720. The lowest BCUT2D eigenvalue weighted by Gasteiger charge is -2.12. The number of hydrogen-bond donors (Lipinski definition) is 3. The molecule has 3 rings (SSSR count). The molecule has 1 heterocycles. The summed E-state index contributed by atoms with van der Waals surface area (Å²) >= 11 is 0. The predicted molar refractivity (Wildman–Crippen MR) is 77.8 cm³/mol. The first-order chi connectivity index (χ1) is 9.53. The summed E-state index contributed by atoms with van der Waals surface area (Å²) in [5.41, 5.74) is 0.923. The van der Waals surface area contributed by atoms with Gasteiger partial charge in [-0.25, -0.2) is 13.1 Å². The predicted octanol–water partition coefficient (Wildman–Crippen LogP) is 1.73. The van der Waals surface area contributed by atoms with Crippen LogP contribution in [0.5, 0.6) is 0 Å². The van der Waals surface area contributed by atoms with Gasteiger partial charge >= 0.3 is 0 Å². The summed E-state index contributed by atoms with van der Waals surface area (Å²) in [4.78, 5) is 3.38. The van der Waals surface area contributed by atoms with Crippen molar-refractivity contribution in [2.24, 2.45) is 5.92 Å². The van der Waals surface area contributed by atoms with E-state index < -0.39 is 10.0 Å². The van der Waals surface area contributed by atoms with Gasteiger partial charge in [0.2, 0.25) is 10.0 Å². The molecule has 1 unspecified atom stereocenters. The van der Waals surface area contributed by atoms with E-state index in [1.54, 1.807) is 12.3 Å². The Morgan fingerprint density at radius 1 is 1.35 bits per heavy atom. The van der Waals surface area contributed by atoms with E-state index in [1.165, 1.54) is 25.7 Å². The van der Waals surface area contributed by atoms with Crippen LogP contribution in [0, 0.1) is 5.92 Å². The maximum Gasteiger partial charge on any atom is 0.242 e. The Bertz CT molecular complexity index is 559. The fourth-order valence-electron chi connectivity index (χ4n) is 2.45. The van der Waals surface area contributed by atoms with Crippen LogP contribution in [0.4, 0.5) is 0 Å². The smallest absolute Gasteiger partial charge is 0.242 e. The van der Waals surface area contributed by atoms with Crippen LogP contribution in [0.3, 0.4) is 0 Å². The molecule has 0 amide bonds. The van der Waals surface area contributed by atoms with Crippen LogP contribution in [0.1, 0.15) is 44.7 Å². The average Bonchev–Trinajstić information content (AvgIpc) is 3.28. The quantitative estimate of drug-likeness (QED) is 0.684. The van der Waals surface area contributed by atoms with E-state index in [-0.39, 0.29) is 6.04 Å². The molecule has 6 heteroatoms. The van der Waals surface area contributed by atoms with Gasteiger partial charge in [-0.05, 0) is 38.2 Å². The fraction of sp³-hybridized carbons (Fsp3) is 0.714. The second-order valence-corrected chi connectivity index (χ2v) is 7.93. The highest BCUT2D eigenvalue weighted by Crippen LogP contribution is 2.33. The lowest BCUT2D eigenvalue weighted by molar-refractivity contribution is 0.530. The lowest BCUT2D eigenvalue weighted by atomic mass is 10.2. The van der Waals surface area contributed by atoms with Crippen molar-refractivity contribution in [3.05, 3.63) is 18.0 Å². The van der Waals surface area contributed by atoms with Gasteiger partial charge in [0.05, 0.1) is 4.90 Å². The summed E-state index contributed by atoms with van der Waals surface area (Å²) in [7, 11) is -3.39. The van der Waals surface area contributed by atoms with E-state index in [0.29, 0.717) is 17.5 Å². The number of aromatic nitrogens is 1. The van der Waals surface area contributed by atoms with Crippen molar-refractivity contribution < 1.29 is 8.42 Å². The van der Waals surface area contributed by atoms with Crippen molar-refractivity contribution in [3.8, 4) is 0 Å². The van der Waals surface area contributed by atoms with Crippen molar-refractivity contribution in [2.45, 2.75) is 62.6 Å². The Balaban J connectivity index is 1.57.